The first kappa shape index (κ1) is 17.6. The Bertz CT molecular complexity index is 836. The molecular weight excluding hydrogens is 349 g/mol. The number of rotatable bonds is 2. The number of hydrogen-bond acceptors (Lipinski definition) is 3. The van der Waals surface area contributed by atoms with Gasteiger partial charge in [-0.05, 0) is 48.6 Å². The number of aliphatic imine (C=N–C) groups is 1. The van der Waals surface area contributed by atoms with E-state index in [1.807, 2.05) is 5.16 Å². The van der Waals surface area contributed by atoms with Gasteiger partial charge in [-0.15, -0.1) is 13.2 Å². The molecule has 0 bridgehead atoms. The van der Waals surface area contributed by atoms with Crippen LogP contribution in [0.2, 0.25) is 0 Å². The molecule has 8 heteroatoms. The van der Waals surface area contributed by atoms with Crippen molar-refractivity contribution in [1.82, 2.24) is 0 Å². The van der Waals surface area contributed by atoms with Crippen LogP contribution in [0.25, 0.3) is 0 Å². The minimum Gasteiger partial charge on any atom is -0.406 e. The SMILES string of the molecule is Fc1cc(C#Cc2ccc(OC(F)(F)F)cc2)cc(F)c1N=C=S. The molecule has 0 atom stereocenters. The molecule has 0 aliphatic heterocycles. The molecule has 0 radical (unpaired) electrons. The number of thiocarbonyl (C=S) groups is 1. The molecular formula is C16H6F5NOS. The van der Waals surface area contributed by atoms with Crippen molar-refractivity contribution in [3.8, 4) is 17.6 Å². The first-order valence-corrected chi connectivity index (χ1v) is 6.64. The van der Waals surface area contributed by atoms with Crippen LogP contribution >= 0.6 is 12.2 Å². The standard InChI is InChI=1S/C16H6F5NOS/c17-13-7-11(8-14(18)15(13)22-9-24)2-1-10-3-5-12(6-4-10)23-16(19,20)21/h3-8H. The van der Waals surface area contributed by atoms with Gasteiger partial charge in [0.25, 0.3) is 0 Å². The number of isothiocyanates is 1. The van der Waals surface area contributed by atoms with Crippen LogP contribution in [0, 0.1) is 23.5 Å². The molecule has 0 saturated heterocycles. The maximum Gasteiger partial charge on any atom is 0.573 e. The van der Waals surface area contributed by atoms with E-state index in [0.29, 0.717) is 5.56 Å². The molecule has 24 heavy (non-hydrogen) atoms. The summed E-state index contributed by atoms with van der Waals surface area (Å²) < 4.78 is 67.1. The zero-order valence-electron chi connectivity index (χ0n) is 11.6. The molecule has 2 aromatic rings. The third-order valence-electron chi connectivity index (χ3n) is 2.61. The molecule has 0 aliphatic rings. The number of hydrogen-bond donors (Lipinski definition) is 0. The molecule has 0 fully saturated rings. The van der Waals surface area contributed by atoms with Crippen LogP contribution in [0.4, 0.5) is 27.6 Å². The van der Waals surface area contributed by atoms with Crippen molar-refractivity contribution < 1.29 is 26.7 Å². The third kappa shape index (κ3) is 4.88. The lowest BCUT2D eigenvalue weighted by molar-refractivity contribution is -0.274. The second kappa shape index (κ2) is 7.21. The minimum absolute atomic E-state index is 0.0314. The van der Waals surface area contributed by atoms with E-state index in [2.05, 4.69) is 33.8 Å². The van der Waals surface area contributed by atoms with Gasteiger partial charge in [-0.3, -0.25) is 0 Å². The van der Waals surface area contributed by atoms with Crippen LogP contribution < -0.4 is 4.74 Å². The summed E-state index contributed by atoms with van der Waals surface area (Å²) in [5.41, 5.74) is -0.195. The van der Waals surface area contributed by atoms with Crippen molar-refractivity contribution >= 4 is 23.1 Å². The van der Waals surface area contributed by atoms with Crippen molar-refractivity contribution in [3.05, 3.63) is 59.2 Å². The van der Waals surface area contributed by atoms with Crippen molar-refractivity contribution in [2.45, 2.75) is 6.36 Å². The van der Waals surface area contributed by atoms with Gasteiger partial charge in [0, 0.05) is 11.1 Å². The number of ether oxygens (including phenoxy) is 1. The summed E-state index contributed by atoms with van der Waals surface area (Å²) in [5, 5.41) is 1.86. The second-order valence-electron chi connectivity index (χ2n) is 4.31. The Morgan fingerprint density at radius 3 is 1.96 bits per heavy atom. The lowest BCUT2D eigenvalue weighted by Gasteiger charge is -2.07. The molecule has 0 heterocycles. The summed E-state index contributed by atoms with van der Waals surface area (Å²) in [6, 6.07) is 6.65. The zero-order valence-corrected chi connectivity index (χ0v) is 12.4. The maximum atomic E-state index is 13.6. The Morgan fingerprint density at radius 1 is 0.917 bits per heavy atom. The van der Waals surface area contributed by atoms with Gasteiger partial charge in [0.1, 0.15) is 11.4 Å². The number of benzene rings is 2. The highest BCUT2D eigenvalue weighted by Crippen LogP contribution is 2.24. The van der Waals surface area contributed by atoms with Gasteiger partial charge in [-0.1, -0.05) is 11.8 Å². The fraction of sp³-hybridized carbons (Fsp3) is 0.0625. The summed E-state index contributed by atoms with van der Waals surface area (Å²) in [7, 11) is 0. The minimum atomic E-state index is -4.78. The van der Waals surface area contributed by atoms with Crippen molar-refractivity contribution in [2.75, 3.05) is 0 Å². The van der Waals surface area contributed by atoms with Gasteiger partial charge in [-0.2, -0.15) is 4.99 Å². The van der Waals surface area contributed by atoms with Crippen LogP contribution in [0.15, 0.2) is 41.4 Å². The molecule has 0 amide bonds. The molecule has 122 valence electrons. The van der Waals surface area contributed by atoms with Gasteiger partial charge in [-0.25, -0.2) is 8.78 Å². The van der Waals surface area contributed by atoms with Crippen LogP contribution in [-0.4, -0.2) is 11.5 Å². The largest absolute Gasteiger partial charge is 0.573 e. The fourth-order valence-electron chi connectivity index (χ4n) is 1.67. The molecule has 0 unspecified atom stereocenters. The fourth-order valence-corrected chi connectivity index (χ4v) is 1.77. The predicted molar refractivity (Wildman–Crippen MR) is 80.1 cm³/mol. The number of halogens is 5. The highest BCUT2D eigenvalue weighted by molar-refractivity contribution is 7.78. The van der Waals surface area contributed by atoms with E-state index in [4.69, 9.17) is 0 Å². The first-order chi connectivity index (χ1) is 11.3. The lowest BCUT2D eigenvalue weighted by Crippen LogP contribution is -2.16. The first-order valence-electron chi connectivity index (χ1n) is 6.23. The van der Waals surface area contributed by atoms with Gasteiger partial charge in [0.15, 0.2) is 11.6 Å². The number of alkyl halides is 3. The van der Waals surface area contributed by atoms with E-state index in [1.54, 1.807) is 0 Å². The molecule has 2 rings (SSSR count). The molecule has 0 N–H and O–H groups in total. The van der Waals surface area contributed by atoms with E-state index < -0.39 is 29.4 Å². The summed E-state index contributed by atoms with van der Waals surface area (Å²) in [6.45, 7) is 0. The Morgan fingerprint density at radius 2 is 1.46 bits per heavy atom. The highest BCUT2D eigenvalue weighted by atomic mass is 32.1. The van der Waals surface area contributed by atoms with Gasteiger partial charge in [0.2, 0.25) is 0 Å². The third-order valence-corrected chi connectivity index (χ3v) is 2.70. The zero-order chi connectivity index (χ0) is 17.7. The summed E-state index contributed by atoms with van der Waals surface area (Å²) >= 11 is 4.29. The van der Waals surface area contributed by atoms with Crippen LogP contribution in [0.1, 0.15) is 11.1 Å². The van der Waals surface area contributed by atoms with Gasteiger partial charge in [0.05, 0.1) is 5.16 Å². The quantitative estimate of drug-likeness (QED) is 0.327. The van der Waals surface area contributed by atoms with Crippen LogP contribution in [0.3, 0.4) is 0 Å². The van der Waals surface area contributed by atoms with Crippen LogP contribution in [0.5, 0.6) is 5.75 Å². The summed E-state index contributed by atoms with van der Waals surface area (Å²) in [6.07, 6.45) is -4.78. The summed E-state index contributed by atoms with van der Waals surface area (Å²) in [4.78, 5) is 3.26. The second-order valence-corrected chi connectivity index (χ2v) is 4.50. The van der Waals surface area contributed by atoms with E-state index in [0.717, 1.165) is 24.3 Å². The van der Waals surface area contributed by atoms with E-state index >= 15 is 0 Å². The monoisotopic (exact) mass is 355 g/mol. The molecule has 0 aliphatic carbocycles. The average molecular weight is 355 g/mol. The van der Waals surface area contributed by atoms with Gasteiger partial charge < -0.3 is 4.74 Å². The number of nitrogens with zero attached hydrogens (tertiary/aromatic N) is 1. The van der Waals surface area contributed by atoms with Crippen molar-refractivity contribution in [1.29, 1.82) is 0 Å². The maximum absolute atomic E-state index is 13.6. The Kier molecular flexibility index (Phi) is 5.29. The predicted octanol–water partition coefficient (Wildman–Crippen LogP) is 5.00. The normalized spacial score (nSPS) is 10.4. The molecule has 0 saturated carbocycles. The lowest BCUT2D eigenvalue weighted by atomic mass is 10.1. The average Bonchev–Trinajstić information content (AvgIpc) is 2.49. The Hall–Kier alpha value is -2.75. The highest BCUT2D eigenvalue weighted by Gasteiger charge is 2.30. The topological polar surface area (TPSA) is 21.6 Å². The Labute approximate surface area is 138 Å². The molecule has 2 aromatic carbocycles. The molecule has 0 aromatic heterocycles. The summed E-state index contributed by atoms with van der Waals surface area (Å²) in [5.74, 6) is 2.77. The van der Waals surface area contributed by atoms with E-state index in [1.165, 1.54) is 12.1 Å². The van der Waals surface area contributed by atoms with E-state index in [9.17, 15) is 22.0 Å². The van der Waals surface area contributed by atoms with Crippen molar-refractivity contribution in [2.24, 2.45) is 4.99 Å². The smallest absolute Gasteiger partial charge is 0.406 e. The van der Waals surface area contributed by atoms with E-state index in [-0.39, 0.29) is 5.56 Å². The van der Waals surface area contributed by atoms with Crippen LogP contribution in [-0.2, 0) is 0 Å². The van der Waals surface area contributed by atoms with Crippen molar-refractivity contribution in [3.63, 3.8) is 0 Å². The molecule has 2 nitrogen and oxygen atoms in total. The Balaban J connectivity index is 2.22. The van der Waals surface area contributed by atoms with Gasteiger partial charge >= 0.3 is 6.36 Å². The molecule has 0 spiro atoms.